The monoisotopic (exact) mass is 318 g/mol. The third-order valence-corrected chi connectivity index (χ3v) is 4.47. The smallest absolute Gasteiger partial charge is 0.0378 e. The summed E-state index contributed by atoms with van der Waals surface area (Å²) in [7, 11) is 0. The summed E-state index contributed by atoms with van der Waals surface area (Å²) in [6, 6.07) is 19.0. The number of thioether (sulfide) groups is 1. The summed E-state index contributed by atoms with van der Waals surface area (Å²) in [5, 5.41) is 0.429. The Balaban J connectivity index is 2.18. The minimum atomic E-state index is 0.429. The minimum Gasteiger partial charge on any atom is -0.118 e. The van der Waals surface area contributed by atoms with Crippen LogP contribution in [0.1, 0.15) is 17.2 Å². The van der Waals surface area contributed by atoms with E-state index in [1.165, 1.54) is 10.5 Å². The van der Waals surface area contributed by atoms with Crippen LogP contribution in [0.15, 0.2) is 76.6 Å². The van der Waals surface area contributed by atoms with Gasteiger partial charge in [0.15, 0.2) is 0 Å². The second-order valence-electron chi connectivity index (χ2n) is 4.00. The van der Waals surface area contributed by atoms with Gasteiger partial charge in [-0.3, -0.25) is 0 Å². The van der Waals surface area contributed by atoms with E-state index < -0.39 is 0 Å². The summed E-state index contributed by atoms with van der Waals surface area (Å²) in [5.74, 6) is 0. The van der Waals surface area contributed by atoms with Gasteiger partial charge in [0.2, 0.25) is 0 Å². The van der Waals surface area contributed by atoms with E-state index >= 15 is 0 Å². The second kappa shape index (κ2) is 6.81. The van der Waals surface area contributed by atoms with E-state index in [1.54, 1.807) is 0 Å². The zero-order chi connectivity index (χ0) is 12.8. The van der Waals surface area contributed by atoms with Crippen LogP contribution in [-0.2, 0) is 0 Å². The molecule has 0 aliphatic carbocycles. The van der Waals surface area contributed by atoms with Crippen LogP contribution in [0.25, 0.3) is 0 Å². The van der Waals surface area contributed by atoms with Gasteiger partial charge >= 0.3 is 0 Å². The van der Waals surface area contributed by atoms with E-state index in [4.69, 9.17) is 0 Å². The topological polar surface area (TPSA) is 0 Å². The molecule has 92 valence electrons. The molecule has 2 heteroatoms. The number of halogens is 1. The van der Waals surface area contributed by atoms with Gasteiger partial charge in [-0.2, -0.15) is 0 Å². The Labute approximate surface area is 121 Å². The average Bonchev–Trinajstić information content (AvgIpc) is 2.40. The Morgan fingerprint density at radius 1 is 1.06 bits per heavy atom. The van der Waals surface area contributed by atoms with Gasteiger partial charge in [0.1, 0.15) is 0 Å². The van der Waals surface area contributed by atoms with Gasteiger partial charge in [0.05, 0.1) is 0 Å². The maximum Gasteiger partial charge on any atom is 0.0378 e. The van der Waals surface area contributed by atoms with Crippen molar-refractivity contribution in [1.29, 1.82) is 0 Å². The van der Waals surface area contributed by atoms with Crippen molar-refractivity contribution in [2.24, 2.45) is 0 Å². The summed E-state index contributed by atoms with van der Waals surface area (Å²) in [6.07, 6.45) is 2.96. The van der Waals surface area contributed by atoms with Crippen LogP contribution < -0.4 is 0 Å². The average molecular weight is 319 g/mol. The minimum absolute atomic E-state index is 0.429. The fourth-order valence-electron chi connectivity index (χ4n) is 1.74. The van der Waals surface area contributed by atoms with Gasteiger partial charge in [-0.25, -0.2) is 0 Å². The molecule has 0 bridgehead atoms. The molecular formula is C16H15BrS. The van der Waals surface area contributed by atoms with Gasteiger partial charge in [0.25, 0.3) is 0 Å². The highest BCUT2D eigenvalue weighted by molar-refractivity contribution is 9.10. The number of allylic oxidation sites excluding steroid dienone is 1. The number of rotatable bonds is 5. The fraction of sp³-hybridized carbons (Fsp3) is 0.125. The van der Waals surface area contributed by atoms with E-state index in [2.05, 4.69) is 71.0 Å². The van der Waals surface area contributed by atoms with Crippen LogP contribution in [0.5, 0.6) is 0 Å². The highest BCUT2D eigenvalue weighted by Gasteiger charge is 2.11. The van der Waals surface area contributed by atoms with Gasteiger partial charge in [-0.1, -0.05) is 52.3 Å². The van der Waals surface area contributed by atoms with Crippen molar-refractivity contribution in [3.8, 4) is 0 Å². The third kappa shape index (κ3) is 3.76. The summed E-state index contributed by atoms with van der Waals surface area (Å²) in [5.41, 5.74) is 1.34. The molecule has 2 rings (SSSR count). The largest absolute Gasteiger partial charge is 0.118 e. The lowest BCUT2D eigenvalue weighted by molar-refractivity contribution is 0.970. The van der Waals surface area contributed by atoms with Crippen LogP contribution >= 0.6 is 27.7 Å². The molecule has 0 aliphatic heterocycles. The Kier molecular flexibility index (Phi) is 5.09. The Morgan fingerprint density at radius 2 is 1.72 bits per heavy atom. The summed E-state index contributed by atoms with van der Waals surface area (Å²) >= 11 is 5.36. The van der Waals surface area contributed by atoms with Crippen molar-refractivity contribution >= 4 is 27.7 Å². The molecule has 1 unspecified atom stereocenters. The molecule has 0 saturated heterocycles. The predicted molar refractivity (Wildman–Crippen MR) is 84.0 cm³/mol. The first-order valence-corrected chi connectivity index (χ1v) is 7.55. The molecule has 2 aromatic rings. The molecule has 18 heavy (non-hydrogen) atoms. The highest BCUT2D eigenvalue weighted by atomic mass is 79.9. The van der Waals surface area contributed by atoms with E-state index in [0.717, 1.165) is 10.9 Å². The normalized spacial score (nSPS) is 12.1. The standard InChI is InChI=1S/C16H15BrS/c1-2-6-16(13-9-11-14(17)12-10-13)18-15-7-4-3-5-8-15/h2-5,7-12,16H,1,6H2. The molecule has 0 heterocycles. The van der Waals surface area contributed by atoms with Gasteiger partial charge < -0.3 is 0 Å². The van der Waals surface area contributed by atoms with Gasteiger partial charge in [-0.15, -0.1) is 18.3 Å². The van der Waals surface area contributed by atoms with Crippen LogP contribution in [-0.4, -0.2) is 0 Å². The van der Waals surface area contributed by atoms with Crippen molar-refractivity contribution in [2.45, 2.75) is 16.6 Å². The molecule has 0 nitrogen and oxygen atoms in total. The Hall–Kier alpha value is -0.990. The maximum atomic E-state index is 3.86. The van der Waals surface area contributed by atoms with E-state index in [-0.39, 0.29) is 0 Å². The molecule has 0 fully saturated rings. The van der Waals surface area contributed by atoms with Gasteiger partial charge in [-0.05, 0) is 36.2 Å². The Bertz CT molecular complexity index is 490. The SMILES string of the molecule is C=CCC(Sc1ccccc1)c1ccc(Br)cc1. The molecule has 0 N–H and O–H groups in total. The summed E-state index contributed by atoms with van der Waals surface area (Å²) in [6.45, 7) is 3.86. The predicted octanol–water partition coefficient (Wildman–Crippen LogP) is 5.86. The lowest BCUT2D eigenvalue weighted by atomic mass is 10.1. The molecule has 0 aliphatic rings. The maximum absolute atomic E-state index is 3.86. The molecule has 2 aromatic carbocycles. The van der Waals surface area contributed by atoms with Crippen molar-refractivity contribution < 1.29 is 0 Å². The first-order chi connectivity index (χ1) is 8.79. The Morgan fingerprint density at radius 3 is 2.33 bits per heavy atom. The molecule has 0 amide bonds. The van der Waals surface area contributed by atoms with Crippen LogP contribution in [0, 0.1) is 0 Å². The third-order valence-electron chi connectivity index (χ3n) is 2.64. The summed E-state index contributed by atoms with van der Waals surface area (Å²) < 4.78 is 1.12. The van der Waals surface area contributed by atoms with E-state index in [0.29, 0.717) is 5.25 Å². The molecule has 0 radical (unpaired) electrons. The van der Waals surface area contributed by atoms with E-state index in [1.807, 2.05) is 23.9 Å². The van der Waals surface area contributed by atoms with Crippen LogP contribution in [0.2, 0.25) is 0 Å². The second-order valence-corrected chi connectivity index (χ2v) is 6.19. The molecule has 0 saturated carbocycles. The quantitative estimate of drug-likeness (QED) is 0.491. The number of benzene rings is 2. The molecular weight excluding hydrogens is 304 g/mol. The zero-order valence-corrected chi connectivity index (χ0v) is 12.5. The molecule has 1 atom stereocenters. The summed E-state index contributed by atoms with van der Waals surface area (Å²) in [4.78, 5) is 1.30. The lowest BCUT2D eigenvalue weighted by Crippen LogP contribution is -1.92. The van der Waals surface area contributed by atoms with Crippen LogP contribution in [0.4, 0.5) is 0 Å². The van der Waals surface area contributed by atoms with Crippen molar-refractivity contribution in [3.05, 3.63) is 77.3 Å². The van der Waals surface area contributed by atoms with Crippen molar-refractivity contribution in [2.75, 3.05) is 0 Å². The number of hydrogen-bond donors (Lipinski definition) is 0. The lowest BCUT2D eigenvalue weighted by Gasteiger charge is -2.15. The number of hydrogen-bond acceptors (Lipinski definition) is 1. The molecule has 0 aromatic heterocycles. The molecule has 0 spiro atoms. The van der Waals surface area contributed by atoms with Crippen molar-refractivity contribution in [3.63, 3.8) is 0 Å². The van der Waals surface area contributed by atoms with Gasteiger partial charge in [0, 0.05) is 14.6 Å². The first-order valence-electron chi connectivity index (χ1n) is 5.87. The zero-order valence-electron chi connectivity index (χ0n) is 10.1. The fourth-order valence-corrected chi connectivity index (χ4v) is 3.18. The van der Waals surface area contributed by atoms with Crippen LogP contribution in [0.3, 0.4) is 0 Å². The highest BCUT2D eigenvalue weighted by Crippen LogP contribution is 2.38. The van der Waals surface area contributed by atoms with E-state index in [9.17, 15) is 0 Å². The van der Waals surface area contributed by atoms with Crippen molar-refractivity contribution in [1.82, 2.24) is 0 Å². The first kappa shape index (κ1) is 13.4.